The maximum Gasteiger partial charge on any atom is 0.217 e. The zero-order valence-corrected chi connectivity index (χ0v) is 8.79. The van der Waals surface area contributed by atoms with E-state index in [1.54, 1.807) is 6.92 Å². The van der Waals surface area contributed by atoms with E-state index >= 15 is 0 Å². The lowest BCUT2D eigenvalue weighted by atomic mass is 10.1. The molecule has 76 valence electrons. The number of rotatable bonds is 4. The molecule has 0 aliphatic carbocycles. The van der Waals surface area contributed by atoms with Crippen LogP contribution in [0.5, 0.6) is 0 Å². The van der Waals surface area contributed by atoms with Gasteiger partial charge in [-0.15, -0.1) is 0 Å². The van der Waals surface area contributed by atoms with Crippen molar-refractivity contribution >= 4 is 5.91 Å². The van der Waals surface area contributed by atoms with Gasteiger partial charge >= 0.3 is 0 Å². The Balaban J connectivity index is 2.30. The van der Waals surface area contributed by atoms with Crippen molar-refractivity contribution in [3.63, 3.8) is 0 Å². The molecule has 14 heavy (non-hydrogen) atoms. The Morgan fingerprint density at radius 2 is 2.00 bits per heavy atom. The van der Waals surface area contributed by atoms with Crippen LogP contribution in [0.3, 0.4) is 0 Å². The SMILES string of the molecule is CC(=O)N[C@@H](C)CCc1ccccc1. The molecule has 0 aromatic heterocycles. The molecule has 1 amide bonds. The highest BCUT2D eigenvalue weighted by atomic mass is 16.1. The van der Waals surface area contributed by atoms with Crippen LogP contribution in [0.1, 0.15) is 25.8 Å². The van der Waals surface area contributed by atoms with Gasteiger partial charge in [-0.3, -0.25) is 4.79 Å². The highest BCUT2D eigenvalue weighted by molar-refractivity contribution is 5.73. The van der Waals surface area contributed by atoms with Gasteiger partial charge in [-0.05, 0) is 25.3 Å². The first kappa shape index (κ1) is 10.8. The molecule has 0 spiro atoms. The molecule has 2 heteroatoms. The summed E-state index contributed by atoms with van der Waals surface area (Å²) in [5.41, 5.74) is 1.32. The van der Waals surface area contributed by atoms with Crippen LogP contribution in [0.4, 0.5) is 0 Å². The summed E-state index contributed by atoms with van der Waals surface area (Å²) in [5, 5.41) is 2.87. The zero-order chi connectivity index (χ0) is 10.4. The molecule has 0 aliphatic heterocycles. The number of aryl methyl sites for hydroxylation is 1. The van der Waals surface area contributed by atoms with Crippen molar-refractivity contribution in [2.45, 2.75) is 32.7 Å². The predicted molar refractivity (Wildman–Crippen MR) is 58.0 cm³/mol. The van der Waals surface area contributed by atoms with E-state index in [0.717, 1.165) is 12.8 Å². The first-order valence-corrected chi connectivity index (χ1v) is 4.99. The Morgan fingerprint density at radius 3 is 2.57 bits per heavy atom. The first-order valence-electron chi connectivity index (χ1n) is 4.99. The van der Waals surface area contributed by atoms with E-state index in [2.05, 4.69) is 17.4 Å². The summed E-state index contributed by atoms with van der Waals surface area (Å²) in [4.78, 5) is 10.8. The Labute approximate surface area is 85.3 Å². The standard InChI is InChI=1S/C12H17NO/c1-10(13-11(2)14)8-9-12-6-4-3-5-7-12/h3-7,10H,8-9H2,1-2H3,(H,13,14)/t10-/m0/s1. The van der Waals surface area contributed by atoms with E-state index in [-0.39, 0.29) is 11.9 Å². The quantitative estimate of drug-likeness (QED) is 0.776. The molecule has 1 rings (SSSR count). The van der Waals surface area contributed by atoms with Crippen molar-refractivity contribution in [2.24, 2.45) is 0 Å². The number of carbonyl (C=O) groups excluding carboxylic acids is 1. The summed E-state index contributed by atoms with van der Waals surface area (Å²) in [5.74, 6) is 0.0468. The van der Waals surface area contributed by atoms with E-state index in [1.807, 2.05) is 25.1 Å². The van der Waals surface area contributed by atoms with Crippen molar-refractivity contribution in [2.75, 3.05) is 0 Å². The molecule has 1 N–H and O–H groups in total. The van der Waals surface area contributed by atoms with Crippen LogP contribution in [-0.2, 0) is 11.2 Å². The maximum atomic E-state index is 10.8. The van der Waals surface area contributed by atoms with Crippen molar-refractivity contribution in [1.82, 2.24) is 5.32 Å². The monoisotopic (exact) mass is 191 g/mol. The van der Waals surface area contributed by atoms with Crippen molar-refractivity contribution in [3.05, 3.63) is 35.9 Å². The fourth-order valence-corrected chi connectivity index (χ4v) is 1.45. The summed E-state index contributed by atoms with van der Waals surface area (Å²) in [6.07, 6.45) is 2.01. The van der Waals surface area contributed by atoms with Gasteiger partial charge < -0.3 is 5.32 Å². The van der Waals surface area contributed by atoms with Gasteiger partial charge in [0.25, 0.3) is 0 Å². The molecule has 0 saturated heterocycles. The largest absolute Gasteiger partial charge is 0.354 e. The summed E-state index contributed by atoms with van der Waals surface area (Å²) >= 11 is 0. The van der Waals surface area contributed by atoms with Crippen molar-refractivity contribution in [1.29, 1.82) is 0 Å². The van der Waals surface area contributed by atoms with Crippen LogP contribution in [0.2, 0.25) is 0 Å². The van der Waals surface area contributed by atoms with Gasteiger partial charge in [0, 0.05) is 13.0 Å². The summed E-state index contributed by atoms with van der Waals surface area (Å²) in [6.45, 7) is 3.59. The fourth-order valence-electron chi connectivity index (χ4n) is 1.45. The van der Waals surface area contributed by atoms with Gasteiger partial charge in [-0.2, -0.15) is 0 Å². The fraction of sp³-hybridized carbons (Fsp3) is 0.417. The van der Waals surface area contributed by atoms with Crippen molar-refractivity contribution < 1.29 is 4.79 Å². The highest BCUT2D eigenvalue weighted by Crippen LogP contribution is 2.04. The van der Waals surface area contributed by atoms with Crippen LogP contribution < -0.4 is 5.32 Å². The normalized spacial score (nSPS) is 12.1. The van der Waals surface area contributed by atoms with Gasteiger partial charge in [0.05, 0.1) is 0 Å². The van der Waals surface area contributed by atoms with E-state index in [0.29, 0.717) is 0 Å². The van der Waals surface area contributed by atoms with E-state index in [9.17, 15) is 4.79 Å². The van der Waals surface area contributed by atoms with Gasteiger partial charge in [0.1, 0.15) is 0 Å². The van der Waals surface area contributed by atoms with Crippen molar-refractivity contribution in [3.8, 4) is 0 Å². The van der Waals surface area contributed by atoms with Crippen LogP contribution >= 0.6 is 0 Å². The summed E-state index contributed by atoms with van der Waals surface area (Å²) in [6, 6.07) is 10.6. The van der Waals surface area contributed by atoms with Gasteiger partial charge in [0.15, 0.2) is 0 Å². The minimum atomic E-state index is 0.0468. The molecule has 0 heterocycles. The summed E-state index contributed by atoms with van der Waals surface area (Å²) < 4.78 is 0. The Bertz CT molecular complexity index is 282. The molecule has 0 saturated carbocycles. The molecule has 0 fully saturated rings. The first-order chi connectivity index (χ1) is 6.68. The molecular weight excluding hydrogens is 174 g/mol. The number of amides is 1. The molecule has 2 nitrogen and oxygen atoms in total. The molecule has 1 aromatic carbocycles. The maximum absolute atomic E-state index is 10.8. The topological polar surface area (TPSA) is 29.1 Å². The molecule has 0 bridgehead atoms. The Hall–Kier alpha value is -1.31. The van der Waals surface area contributed by atoms with Crippen LogP contribution in [0.15, 0.2) is 30.3 Å². The second-order valence-electron chi connectivity index (χ2n) is 3.63. The minimum absolute atomic E-state index is 0.0468. The molecule has 0 unspecified atom stereocenters. The molecule has 0 aliphatic rings. The Kier molecular flexibility index (Phi) is 4.17. The minimum Gasteiger partial charge on any atom is -0.354 e. The van der Waals surface area contributed by atoms with E-state index < -0.39 is 0 Å². The zero-order valence-electron chi connectivity index (χ0n) is 8.79. The number of hydrogen-bond donors (Lipinski definition) is 1. The molecule has 1 aromatic rings. The lowest BCUT2D eigenvalue weighted by Crippen LogP contribution is -2.30. The lowest BCUT2D eigenvalue weighted by Gasteiger charge is -2.11. The lowest BCUT2D eigenvalue weighted by molar-refractivity contribution is -0.119. The van der Waals surface area contributed by atoms with Crippen LogP contribution in [0, 0.1) is 0 Å². The number of carbonyl (C=O) groups is 1. The van der Waals surface area contributed by atoms with Gasteiger partial charge in [-0.1, -0.05) is 30.3 Å². The summed E-state index contributed by atoms with van der Waals surface area (Å²) in [7, 11) is 0. The highest BCUT2D eigenvalue weighted by Gasteiger charge is 2.02. The van der Waals surface area contributed by atoms with Crippen LogP contribution in [0.25, 0.3) is 0 Å². The van der Waals surface area contributed by atoms with E-state index in [4.69, 9.17) is 0 Å². The molecular formula is C12H17NO. The van der Waals surface area contributed by atoms with Gasteiger partial charge in [-0.25, -0.2) is 0 Å². The van der Waals surface area contributed by atoms with E-state index in [1.165, 1.54) is 5.56 Å². The average Bonchev–Trinajstić information content (AvgIpc) is 2.15. The number of benzene rings is 1. The second-order valence-corrected chi connectivity index (χ2v) is 3.63. The number of nitrogens with one attached hydrogen (secondary N) is 1. The Morgan fingerprint density at radius 1 is 1.36 bits per heavy atom. The van der Waals surface area contributed by atoms with Gasteiger partial charge in [0.2, 0.25) is 5.91 Å². The third kappa shape index (κ3) is 4.08. The smallest absolute Gasteiger partial charge is 0.217 e. The van der Waals surface area contributed by atoms with Crippen LogP contribution in [-0.4, -0.2) is 11.9 Å². The second kappa shape index (κ2) is 5.43. The molecule has 0 radical (unpaired) electrons. The average molecular weight is 191 g/mol. The third-order valence-electron chi connectivity index (χ3n) is 2.16. The molecule has 1 atom stereocenters. The number of hydrogen-bond acceptors (Lipinski definition) is 1. The predicted octanol–water partition coefficient (Wildman–Crippen LogP) is 2.14. The third-order valence-corrected chi connectivity index (χ3v) is 2.16.